The Kier molecular flexibility index (Phi) is 3.87. The summed E-state index contributed by atoms with van der Waals surface area (Å²) in [6, 6.07) is 7.35. The minimum Gasteiger partial charge on any atom is -0.455 e. The number of pyridine rings is 1. The first-order valence-corrected chi connectivity index (χ1v) is 6.05. The van der Waals surface area contributed by atoms with Gasteiger partial charge in [-0.25, -0.2) is 0 Å². The summed E-state index contributed by atoms with van der Waals surface area (Å²) in [4.78, 5) is 4.02. The lowest BCUT2D eigenvalue weighted by Crippen LogP contribution is -1.91. The van der Waals surface area contributed by atoms with Crippen LogP contribution in [0.1, 0.15) is 11.1 Å². The Morgan fingerprint density at radius 3 is 2.82 bits per heavy atom. The first kappa shape index (κ1) is 12.2. The smallest absolute Gasteiger partial charge is 0.150 e. The van der Waals surface area contributed by atoms with E-state index in [-0.39, 0.29) is 0 Å². The maximum atomic E-state index is 5.95. The zero-order valence-electron chi connectivity index (χ0n) is 9.28. The molecule has 0 spiro atoms. The maximum Gasteiger partial charge on any atom is 0.150 e. The van der Waals surface area contributed by atoms with Crippen LogP contribution in [0.15, 0.2) is 36.7 Å². The molecule has 0 fully saturated rings. The van der Waals surface area contributed by atoms with Gasteiger partial charge in [0.25, 0.3) is 0 Å². The predicted octanol–water partition coefficient (Wildman–Crippen LogP) is 4.57. The monoisotopic (exact) mass is 267 g/mol. The van der Waals surface area contributed by atoms with Crippen molar-refractivity contribution in [2.75, 3.05) is 0 Å². The Balaban J connectivity index is 2.28. The Labute approximate surface area is 110 Å². The number of benzene rings is 1. The second kappa shape index (κ2) is 5.39. The first-order valence-electron chi connectivity index (χ1n) is 5.13. The highest BCUT2D eigenvalue weighted by Crippen LogP contribution is 2.28. The number of aromatic nitrogens is 1. The van der Waals surface area contributed by atoms with Crippen molar-refractivity contribution in [3.63, 3.8) is 0 Å². The molecule has 2 aromatic rings. The van der Waals surface area contributed by atoms with E-state index in [1.807, 2.05) is 31.2 Å². The van der Waals surface area contributed by atoms with E-state index >= 15 is 0 Å². The summed E-state index contributed by atoms with van der Waals surface area (Å²) in [5.41, 5.74) is 1.88. The van der Waals surface area contributed by atoms with Crippen LogP contribution in [0.25, 0.3) is 0 Å². The van der Waals surface area contributed by atoms with Gasteiger partial charge >= 0.3 is 0 Å². The van der Waals surface area contributed by atoms with Crippen LogP contribution in [-0.4, -0.2) is 4.98 Å². The summed E-state index contributed by atoms with van der Waals surface area (Å²) in [7, 11) is 0. The average Bonchev–Trinajstić information content (AvgIpc) is 2.34. The fourth-order valence-electron chi connectivity index (χ4n) is 1.42. The highest BCUT2D eigenvalue weighted by molar-refractivity contribution is 6.31. The summed E-state index contributed by atoms with van der Waals surface area (Å²) in [6.07, 6.45) is 3.35. The van der Waals surface area contributed by atoms with Gasteiger partial charge in [0.15, 0.2) is 0 Å². The number of aryl methyl sites for hydroxylation is 1. The molecule has 2 rings (SSSR count). The van der Waals surface area contributed by atoms with Gasteiger partial charge in [0, 0.05) is 16.8 Å². The van der Waals surface area contributed by atoms with Crippen LogP contribution in [0.2, 0.25) is 5.02 Å². The molecule has 0 saturated carbocycles. The van der Waals surface area contributed by atoms with Crippen LogP contribution >= 0.6 is 23.2 Å². The van der Waals surface area contributed by atoms with Crippen molar-refractivity contribution in [3.8, 4) is 11.5 Å². The molecule has 0 bridgehead atoms. The van der Waals surface area contributed by atoms with E-state index in [1.165, 1.54) is 0 Å². The molecule has 1 aromatic carbocycles. The molecule has 4 heteroatoms. The summed E-state index contributed by atoms with van der Waals surface area (Å²) in [6.45, 7) is 1.93. The molecule has 0 aliphatic carbocycles. The first-order chi connectivity index (χ1) is 8.20. The average molecular weight is 268 g/mol. The van der Waals surface area contributed by atoms with Gasteiger partial charge in [-0.2, -0.15) is 0 Å². The summed E-state index contributed by atoms with van der Waals surface area (Å²) in [5, 5.41) is 0.723. The van der Waals surface area contributed by atoms with Crippen LogP contribution in [0, 0.1) is 6.92 Å². The van der Waals surface area contributed by atoms with Gasteiger partial charge in [-0.15, -0.1) is 11.6 Å². The van der Waals surface area contributed by atoms with Gasteiger partial charge in [-0.3, -0.25) is 4.98 Å². The standard InChI is InChI=1S/C13H11Cl2NO/c1-9-6-11(2-3-12(9)15)17-13-8-16-5-4-10(13)7-14/h2-6,8H,7H2,1H3. The normalized spacial score (nSPS) is 10.3. The third kappa shape index (κ3) is 2.90. The van der Waals surface area contributed by atoms with E-state index < -0.39 is 0 Å². The molecular formula is C13H11Cl2NO. The molecule has 0 atom stereocenters. The number of hydrogen-bond donors (Lipinski definition) is 0. The zero-order chi connectivity index (χ0) is 12.3. The molecule has 0 saturated heterocycles. The quantitative estimate of drug-likeness (QED) is 0.760. The van der Waals surface area contributed by atoms with Crippen molar-refractivity contribution >= 4 is 23.2 Å². The lowest BCUT2D eigenvalue weighted by molar-refractivity contribution is 0.475. The SMILES string of the molecule is Cc1cc(Oc2cnccc2CCl)ccc1Cl. The third-order valence-electron chi connectivity index (χ3n) is 2.37. The van der Waals surface area contributed by atoms with E-state index in [9.17, 15) is 0 Å². The van der Waals surface area contributed by atoms with Gasteiger partial charge in [-0.1, -0.05) is 11.6 Å². The molecule has 2 nitrogen and oxygen atoms in total. The van der Waals surface area contributed by atoms with E-state index in [2.05, 4.69) is 4.98 Å². The van der Waals surface area contributed by atoms with Crippen LogP contribution in [0.3, 0.4) is 0 Å². The lowest BCUT2D eigenvalue weighted by Gasteiger charge is -2.09. The fourth-order valence-corrected chi connectivity index (χ4v) is 1.76. The topological polar surface area (TPSA) is 22.1 Å². The molecule has 0 radical (unpaired) electrons. The second-order valence-electron chi connectivity index (χ2n) is 3.63. The van der Waals surface area contributed by atoms with E-state index in [1.54, 1.807) is 12.4 Å². The minimum absolute atomic E-state index is 0.393. The van der Waals surface area contributed by atoms with Crippen molar-refractivity contribution in [2.45, 2.75) is 12.8 Å². The van der Waals surface area contributed by atoms with Gasteiger partial charge < -0.3 is 4.74 Å². The van der Waals surface area contributed by atoms with Crippen molar-refractivity contribution in [3.05, 3.63) is 52.8 Å². The Bertz CT molecular complexity index is 529. The van der Waals surface area contributed by atoms with Crippen molar-refractivity contribution in [2.24, 2.45) is 0 Å². The number of nitrogens with zero attached hydrogens (tertiary/aromatic N) is 1. The molecule has 0 aliphatic rings. The van der Waals surface area contributed by atoms with Gasteiger partial charge in [0.2, 0.25) is 0 Å². The van der Waals surface area contributed by atoms with Crippen molar-refractivity contribution in [1.82, 2.24) is 4.98 Å². The number of ether oxygens (including phenoxy) is 1. The van der Waals surface area contributed by atoms with E-state index in [4.69, 9.17) is 27.9 Å². The number of halogens is 2. The van der Waals surface area contributed by atoms with Crippen LogP contribution in [0.5, 0.6) is 11.5 Å². The van der Waals surface area contributed by atoms with Crippen molar-refractivity contribution < 1.29 is 4.74 Å². The number of rotatable bonds is 3. The molecule has 0 amide bonds. The zero-order valence-corrected chi connectivity index (χ0v) is 10.8. The second-order valence-corrected chi connectivity index (χ2v) is 4.30. The van der Waals surface area contributed by atoms with Crippen molar-refractivity contribution in [1.29, 1.82) is 0 Å². The maximum absolute atomic E-state index is 5.95. The molecule has 0 N–H and O–H groups in total. The Hall–Kier alpha value is -1.25. The predicted molar refractivity (Wildman–Crippen MR) is 70.1 cm³/mol. The van der Waals surface area contributed by atoms with Gasteiger partial charge in [-0.05, 0) is 36.8 Å². The summed E-state index contributed by atoms with van der Waals surface area (Å²) < 4.78 is 5.73. The fraction of sp³-hybridized carbons (Fsp3) is 0.154. The summed E-state index contributed by atoms with van der Waals surface area (Å²) in [5.74, 6) is 1.79. The largest absolute Gasteiger partial charge is 0.455 e. The van der Waals surface area contributed by atoms with Crippen LogP contribution in [0.4, 0.5) is 0 Å². The molecule has 1 heterocycles. The number of alkyl halides is 1. The van der Waals surface area contributed by atoms with Gasteiger partial charge in [0.1, 0.15) is 11.5 Å². The Morgan fingerprint density at radius 2 is 2.12 bits per heavy atom. The highest BCUT2D eigenvalue weighted by atomic mass is 35.5. The third-order valence-corrected chi connectivity index (χ3v) is 3.08. The molecule has 1 aromatic heterocycles. The van der Waals surface area contributed by atoms with Gasteiger partial charge in [0.05, 0.1) is 12.1 Å². The van der Waals surface area contributed by atoms with E-state index in [0.717, 1.165) is 21.9 Å². The molecule has 0 aliphatic heterocycles. The molecule has 0 unspecified atom stereocenters. The highest BCUT2D eigenvalue weighted by Gasteiger charge is 2.05. The molecule has 17 heavy (non-hydrogen) atoms. The van der Waals surface area contributed by atoms with E-state index in [0.29, 0.717) is 11.6 Å². The molecular weight excluding hydrogens is 257 g/mol. The lowest BCUT2D eigenvalue weighted by atomic mass is 10.2. The summed E-state index contributed by atoms with van der Waals surface area (Å²) >= 11 is 11.8. The Morgan fingerprint density at radius 1 is 1.29 bits per heavy atom. The van der Waals surface area contributed by atoms with Crippen LogP contribution < -0.4 is 4.74 Å². The van der Waals surface area contributed by atoms with Crippen LogP contribution in [-0.2, 0) is 5.88 Å². The molecule has 88 valence electrons. The number of hydrogen-bond acceptors (Lipinski definition) is 2. The minimum atomic E-state index is 0.393.